The second-order valence-corrected chi connectivity index (χ2v) is 8.71. The van der Waals surface area contributed by atoms with Gasteiger partial charge in [-0.05, 0) is 46.1 Å². The Labute approximate surface area is 153 Å². The van der Waals surface area contributed by atoms with Crippen LogP contribution < -0.4 is 10.4 Å². The number of anilines is 1. The molecule has 1 unspecified atom stereocenters. The van der Waals surface area contributed by atoms with Crippen molar-refractivity contribution in [3.05, 3.63) is 23.8 Å². The molecule has 0 radical (unpaired) electrons. The molecule has 0 bridgehead atoms. The van der Waals surface area contributed by atoms with Crippen LogP contribution in [0.5, 0.6) is 0 Å². The molecule has 6 nitrogen and oxygen atoms in total. The highest BCUT2D eigenvalue weighted by Gasteiger charge is 2.54. The number of benzene rings is 1. The van der Waals surface area contributed by atoms with Crippen LogP contribution in [0.3, 0.4) is 0 Å². The fourth-order valence-corrected chi connectivity index (χ4v) is 3.76. The molecule has 1 amide bonds. The quantitative estimate of drug-likeness (QED) is 0.807. The first-order valence-corrected chi connectivity index (χ1v) is 9.02. The molecule has 4 rings (SSSR count). The van der Waals surface area contributed by atoms with E-state index in [2.05, 4.69) is 0 Å². The van der Waals surface area contributed by atoms with Crippen molar-refractivity contribution in [1.82, 2.24) is 0 Å². The third-order valence-electron chi connectivity index (χ3n) is 6.26. The number of fused-ring (bicyclic) bond motifs is 1. The lowest BCUT2D eigenvalue weighted by Gasteiger charge is -2.34. The zero-order valence-electron chi connectivity index (χ0n) is 15.8. The Hall–Kier alpha value is -1.70. The van der Waals surface area contributed by atoms with E-state index in [-0.39, 0.29) is 17.7 Å². The summed E-state index contributed by atoms with van der Waals surface area (Å²) in [6, 6.07) is 5.25. The van der Waals surface area contributed by atoms with Crippen LogP contribution in [-0.2, 0) is 24.5 Å². The predicted molar refractivity (Wildman–Crippen MR) is 97.2 cm³/mol. The van der Waals surface area contributed by atoms with Crippen LogP contribution in [0.4, 0.5) is 5.69 Å². The molecule has 1 N–H and O–H groups in total. The summed E-state index contributed by atoms with van der Waals surface area (Å²) in [4.78, 5) is 25.8. The molecule has 138 valence electrons. The molecule has 1 aromatic rings. The summed E-state index contributed by atoms with van der Waals surface area (Å²) < 4.78 is 12.2. The first kappa shape index (κ1) is 17.7. The van der Waals surface area contributed by atoms with Crippen LogP contribution >= 0.6 is 0 Å². The fraction of sp³-hybridized carbons (Fsp3) is 0.579. The van der Waals surface area contributed by atoms with Gasteiger partial charge in [-0.1, -0.05) is 12.1 Å². The molecule has 2 aliphatic heterocycles. The minimum Gasteiger partial charge on any atom is -0.399 e. The van der Waals surface area contributed by atoms with Gasteiger partial charge in [0.25, 0.3) is 5.91 Å². The Balaban J connectivity index is 1.72. The molecular formula is C19H24BNO5. The Morgan fingerprint density at radius 2 is 1.65 bits per heavy atom. The van der Waals surface area contributed by atoms with Gasteiger partial charge in [0.05, 0.1) is 22.9 Å². The number of nitrogens with zero attached hydrogens (tertiary/aromatic N) is 1. The largest absolute Gasteiger partial charge is 0.494 e. The third-order valence-corrected chi connectivity index (χ3v) is 6.26. The molecule has 0 aromatic heterocycles. The molecule has 1 aromatic carbocycles. The first-order valence-electron chi connectivity index (χ1n) is 9.02. The van der Waals surface area contributed by atoms with Gasteiger partial charge in [-0.3, -0.25) is 9.59 Å². The van der Waals surface area contributed by atoms with E-state index in [0.717, 1.165) is 5.46 Å². The monoisotopic (exact) mass is 357 g/mol. The van der Waals surface area contributed by atoms with Crippen molar-refractivity contribution in [2.24, 2.45) is 0 Å². The number of carbonyl (C=O) groups excluding carboxylic acids is 2. The summed E-state index contributed by atoms with van der Waals surface area (Å²) >= 11 is 0. The lowest BCUT2D eigenvalue weighted by Crippen LogP contribution is -2.50. The van der Waals surface area contributed by atoms with E-state index in [1.165, 1.54) is 6.92 Å². The van der Waals surface area contributed by atoms with Crippen LogP contribution in [-0.4, -0.2) is 41.2 Å². The lowest BCUT2D eigenvalue weighted by atomic mass is 9.77. The van der Waals surface area contributed by atoms with Gasteiger partial charge >= 0.3 is 7.12 Å². The number of carbonyl (C=O) groups is 2. The smallest absolute Gasteiger partial charge is 0.399 e. The van der Waals surface area contributed by atoms with Crippen LogP contribution in [0.25, 0.3) is 0 Å². The molecule has 1 saturated heterocycles. The van der Waals surface area contributed by atoms with Gasteiger partial charge in [0.1, 0.15) is 5.78 Å². The van der Waals surface area contributed by atoms with Crippen LogP contribution in [0, 0.1) is 0 Å². The number of aliphatic hydroxyl groups is 1. The summed E-state index contributed by atoms with van der Waals surface area (Å²) in [5.41, 5.74) is -0.506. The van der Waals surface area contributed by atoms with E-state index in [9.17, 15) is 14.7 Å². The molecular weight excluding hydrogens is 333 g/mol. The molecule has 7 heteroatoms. The van der Waals surface area contributed by atoms with Gasteiger partial charge in [-0.25, -0.2) is 0 Å². The summed E-state index contributed by atoms with van der Waals surface area (Å²) in [6.07, 6.45) is 0.671. The number of hydrogen-bond donors (Lipinski definition) is 1. The van der Waals surface area contributed by atoms with E-state index < -0.39 is 23.9 Å². The Morgan fingerprint density at radius 3 is 2.19 bits per heavy atom. The normalized spacial score (nSPS) is 29.9. The van der Waals surface area contributed by atoms with Gasteiger partial charge in [-0.15, -0.1) is 0 Å². The topological polar surface area (TPSA) is 76.1 Å². The summed E-state index contributed by atoms with van der Waals surface area (Å²) in [5, 5.41) is 10.7. The number of hydrogen-bond acceptors (Lipinski definition) is 5. The second-order valence-electron chi connectivity index (χ2n) is 8.71. The number of amides is 1. The van der Waals surface area contributed by atoms with Crippen molar-refractivity contribution in [2.75, 3.05) is 4.90 Å². The maximum absolute atomic E-state index is 12.8. The van der Waals surface area contributed by atoms with Crippen LogP contribution in [0.1, 0.15) is 53.0 Å². The van der Waals surface area contributed by atoms with Gasteiger partial charge in [0, 0.05) is 18.4 Å². The van der Waals surface area contributed by atoms with Crippen molar-refractivity contribution in [3.63, 3.8) is 0 Å². The standard InChI is InChI=1S/C19H24BNO5/c1-17(2)18(3,4)26-20(25-17)11-6-7-14-15(8-11)21(12-9-13(22)10-12)16(23)19(14,5)24/h6-8,12,24H,9-10H2,1-5H3. The SMILES string of the molecule is CC1(O)C(=O)N(C2CC(=O)C2)c2cc(B3OC(C)(C)C(C)(C)O3)ccc21. The maximum Gasteiger partial charge on any atom is 0.494 e. The summed E-state index contributed by atoms with van der Waals surface area (Å²) in [6.45, 7) is 9.45. The molecule has 0 spiro atoms. The molecule has 1 aliphatic carbocycles. The Kier molecular flexibility index (Phi) is 3.53. The van der Waals surface area contributed by atoms with E-state index >= 15 is 0 Å². The molecule has 2 fully saturated rings. The molecule has 2 heterocycles. The third kappa shape index (κ3) is 2.30. The Bertz CT molecular complexity index is 792. The number of Topliss-reactive ketones (excluding diaryl/α,β-unsaturated/α-hetero) is 1. The zero-order chi connectivity index (χ0) is 19.1. The highest BCUT2D eigenvalue weighted by Crippen LogP contribution is 2.44. The van der Waals surface area contributed by atoms with Gasteiger partial charge in [-0.2, -0.15) is 0 Å². The van der Waals surface area contributed by atoms with E-state index in [0.29, 0.717) is 24.1 Å². The van der Waals surface area contributed by atoms with Crippen molar-refractivity contribution in [1.29, 1.82) is 0 Å². The molecule has 26 heavy (non-hydrogen) atoms. The first-order chi connectivity index (χ1) is 11.9. The van der Waals surface area contributed by atoms with E-state index in [1.54, 1.807) is 11.0 Å². The lowest BCUT2D eigenvalue weighted by molar-refractivity contribution is -0.136. The van der Waals surface area contributed by atoms with Crippen molar-refractivity contribution >= 4 is 30.0 Å². The van der Waals surface area contributed by atoms with Crippen molar-refractivity contribution < 1.29 is 24.0 Å². The van der Waals surface area contributed by atoms with Gasteiger partial charge in [0.15, 0.2) is 5.60 Å². The minimum absolute atomic E-state index is 0.137. The average Bonchev–Trinajstić information content (AvgIpc) is 2.84. The van der Waals surface area contributed by atoms with E-state index in [1.807, 2.05) is 39.8 Å². The average molecular weight is 357 g/mol. The second kappa shape index (κ2) is 5.18. The molecule has 1 atom stereocenters. The number of rotatable bonds is 2. The Morgan fingerprint density at radius 1 is 1.08 bits per heavy atom. The summed E-state index contributed by atoms with van der Waals surface area (Å²) in [7, 11) is -0.546. The predicted octanol–water partition coefficient (Wildman–Crippen LogP) is 1.27. The fourth-order valence-electron chi connectivity index (χ4n) is 3.76. The minimum atomic E-state index is -1.58. The van der Waals surface area contributed by atoms with Gasteiger partial charge in [0.2, 0.25) is 0 Å². The zero-order valence-corrected chi connectivity index (χ0v) is 15.8. The molecule has 3 aliphatic rings. The highest BCUT2D eigenvalue weighted by atomic mass is 16.7. The molecule has 1 saturated carbocycles. The number of ketones is 1. The van der Waals surface area contributed by atoms with Crippen molar-refractivity contribution in [3.8, 4) is 0 Å². The maximum atomic E-state index is 12.8. The van der Waals surface area contributed by atoms with Gasteiger partial charge < -0.3 is 19.3 Å². The summed E-state index contributed by atoms with van der Waals surface area (Å²) in [5.74, 6) is -0.242. The van der Waals surface area contributed by atoms with Crippen LogP contribution in [0.15, 0.2) is 18.2 Å². The highest BCUT2D eigenvalue weighted by molar-refractivity contribution is 6.62. The van der Waals surface area contributed by atoms with E-state index in [4.69, 9.17) is 9.31 Å². The van der Waals surface area contributed by atoms with Crippen LogP contribution in [0.2, 0.25) is 0 Å². The van der Waals surface area contributed by atoms with Crippen molar-refractivity contribution in [2.45, 2.75) is 70.3 Å².